The molecule has 2 fully saturated rings. The van der Waals surface area contributed by atoms with Crippen molar-refractivity contribution in [2.24, 2.45) is 0 Å². The third-order valence-corrected chi connectivity index (χ3v) is 10.8. The highest BCUT2D eigenvalue weighted by molar-refractivity contribution is 6.74. The van der Waals surface area contributed by atoms with E-state index in [-0.39, 0.29) is 11.6 Å². The molecule has 2 aliphatic rings. The Kier molecular flexibility index (Phi) is 8.40. The highest BCUT2D eigenvalue weighted by atomic mass is 28.4. The van der Waals surface area contributed by atoms with Gasteiger partial charge >= 0.3 is 0 Å². The fourth-order valence-electron chi connectivity index (χ4n) is 3.60. The summed E-state index contributed by atoms with van der Waals surface area (Å²) in [6.45, 7) is 17.5. The van der Waals surface area contributed by atoms with Crippen molar-refractivity contribution in [2.75, 3.05) is 20.8 Å². The molecule has 188 valence electrons. The molecule has 9 nitrogen and oxygen atoms in total. The number of ether oxygens (including phenoxy) is 6. The fourth-order valence-corrected chi connectivity index (χ4v) is 4.87. The van der Waals surface area contributed by atoms with Crippen LogP contribution in [0.15, 0.2) is 0 Å². The smallest absolute Gasteiger partial charge is 0.196 e. The zero-order valence-corrected chi connectivity index (χ0v) is 22.4. The summed E-state index contributed by atoms with van der Waals surface area (Å²) >= 11 is 0. The van der Waals surface area contributed by atoms with E-state index in [9.17, 15) is 9.90 Å². The van der Waals surface area contributed by atoms with E-state index in [0.717, 1.165) is 0 Å². The van der Waals surface area contributed by atoms with Crippen LogP contribution >= 0.6 is 0 Å². The van der Waals surface area contributed by atoms with Crippen molar-refractivity contribution in [3.05, 3.63) is 0 Å². The van der Waals surface area contributed by atoms with Crippen molar-refractivity contribution in [1.29, 1.82) is 0 Å². The number of carbonyl (C=O) groups excluding carboxylic acids is 1. The van der Waals surface area contributed by atoms with Gasteiger partial charge in [-0.25, -0.2) is 0 Å². The van der Waals surface area contributed by atoms with Crippen molar-refractivity contribution in [1.82, 2.24) is 0 Å². The number of Topliss-reactive ketones (excluding diaryl/α,β-unsaturated/α-hetero) is 1. The Morgan fingerprint density at radius 2 is 1.53 bits per heavy atom. The van der Waals surface area contributed by atoms with Crippen LogP contribution in [0, 0.1) is 0 Å². The van der Waals surface area contributed by atoms with Crippen LogP contribution in [0.5, 0.6) is 0 Å². The molecule has 0 aromatic rings. The predicted molar refractivity (Wildman–Crippen MR) is 120 cm³/mol. The van der Waals surface area contributed by atoms with Gasteiger partial charge in [-0.1, -0.05) is 20.8 Å². The van der Waals surface area contributed by atoms with Gasteiger partial charge in [-0.3, -0.25) is 4.79 Å². The first kappa shape index (κ1) is 27.8. The number of ketones is 1. The van der Waals surface area contributed by atoms with Gasteiger partial charge in [-0.2, -0.15) is 0 Å². The molecule has 0 amide bonds. The van der Waals surface area contributed by atoms with Crippen LogP contribution in [0.4, 0.5) is 0 Å². The Bertz CT molecular complexity index is 654. The number of methoxy groups -OCH3 is 2. The van der Waals surface area contributed by atoms with Gasteiger partial charge in [-0.15, -0.1) is 0 Å². The molecule has 32 heavy (non-hydrogen) atoms. The molecule has 2 heterocycles. The largest absolute Gasteiger partial charge is 0.406 e. The van der Waals surface area contributed by atoms with Gasteiger partial charge in [0.15, 0.2) is 44.2 Å². The maximum absolute atomic E-state index is 13.6. The zero-order chi connectivity index (χ0) is 24.7. The topological polar surface area (TPSA) is 102 Å². The Morgan fingerprint density at radius 3 is 1.97 bits per heavy atom. The minimum absolute atomic E-state index is 0.124. The molecule has 0 radical (unpaired) electrons. The maximum atomic E-state index is 13.6. The first-order valence-electron chi connectivity index (χ1n) is 11.1. The number of aliphatic hydroxyl groups excluding tert-OH is 1. The summed E-state index contributed by atoms with van der Waals surface area (Å²) < 4.78 is 40.9. The van der Waals surface area contributed by atoms with Crippen molar-refractivity contribution >= 4 is 14.1 Å². The summed E-state index contributed by atoms with van der Waals surface area (Å²) in [5, 5.41) is 10.9. The third-order valence-electron chi connectivity index (χ3n) is 6.37. The lowest BCUT2D eigenvalue weighted by Crippen LogP contribution is -2.64. The minimum atomic E-state index is -2.36. The van der Waals surface area contributed by atoms with E-state index in [2.05, 4.69) is 33.9 Å². The van der Waals surface area contributed by atoms with E-state index < -0.39 is 62.5 Å². The molecule has 0 aromatic heterocycles. The van der Waals surface area contributed by atoms with E-state index >= 15 is 0 Å². The molecule has 0 bridgehead atoms. The summed E-state index contributed by atoms with van der Waals surface area (Å²) in [5.74, 6) is -2.46. The van der Waals surface area contributed by atoms with E-state index in [1.807, 2.05) is 0 Å². The van der Waals surface area contributed by atoms with E-state index in [0.29, 0.717) is 0 Å². The fraction of sp³-hybridized carbons (Fsp3) is 0.955. The number of hydrogen-bond donors (Lipinski definition) is 1. The molecule has 0 spiro atoms. The molecule has 10 heteroatoms. The molecule has 1 N–H and O–H groups in total. The van der Waals surface area contributed by atoms with Crippen molar-refractivity contribution < 1.29 is 42.7 Å². The normalized spacial score (nSPS) is 30.5. The van der Waals surface area contributed by atoms with Gasteiger partial charge in [-0.05, 0) is 45.8 Å². The molecule has 5 atom stereocenters. The Labute approximate surface area is 193 Å². The summed E-state index contributed by atoms with van der Waals surface area (Å²) in [5.41, 5.74) is 0. The average molecular weight is 479 g/mol. The van der Waals surface area contributed by atoms with Gasteiger partial charge in [0.25, 0.3) is 0 Å². The van der Waals surface area contributed by atoms with Crippen molar-refractivity contribution in [2.45, 2.75) is 115 Å². The highest BCUT2D eigenvalue weighted by Gasteiger charge is 2.55. The summed E-state index contributed by atoms with van der Waals surface area (Å²) in [6.07, 6.45) is -5.93. The quantitative estimate of drug-likeness (QED) is 0.416. The number of carbonyl (C=O) groups is 1. The molecule has 0 saturated carbocycles. The van der Waals surface area contributed by atoms with Crippen LogP contribution in [0.2, 0.25) is 18.1 Å². The van der Waals surface area contributed by atoms with E-state index in [1.165, 1.54) is 14.2 Å². The molecule has 0 aromatic carbocycles. The van der Waals surface area contributed by atoms with Gasteiger partial charge in [0.2, 0.25) is 0 Å². The number of aliphatic hydroxyl groups is 1. The summed E-state index contributed by atoms with van der Waals surface area (Å²) in [6, 6.07) is 0. The molecule has 2 aliphatic heterocycles. The van der Waals surface area contributed by atoms with Crippen molar-refractivity contribution in [3.8, 4) is 0 Å². The van der Waals surface area contributed by atoms with Crippen LogP contribution in [0.1, 0.15) is 48.5 Å². The Hall–Kier alpha value is -0.433. The van der Waals surface area contributed by atoms with Crippen LogP contribution in [0.3, 0.4) is 0 Å². The lowest BCUT2D eigenvalue weighted by atomic mass is 9.95. The lowest BCUT2D eigenvalue weighted by molar-refractivity contribution is -0.316. The lowest BCUT2D eigenvalue weighted by Gasteiger charge is -2.47. The third kappa shape index (κ3) is 6.16. The van der Waals surface area contributed by atoms with Crippen LogP contribution in [0.25, 0.3) is 0 Å². The average Bonchev–Trinajstić information content (AvgIpc) is 3.01. The number of hydrogen-bond acceptors (Lipinski definition) is 9. The molecule has 2 rings (SSSR count). The monoisotopic (exact) mass is 478 g/mol. The van der Waals surface area contributed by atoms with Gasteiger partial charge in [0.05, 0.1) is 6.61 Å². The molecule has 2 saturated heterocycles. The molecular weight excluding hydrogens is 436 g/mol. The van der Waals surface area contributed by atoms with Gasteiger partial charge in [0, 0.05) is 14.2 Å². The summed E-state index contributed by atoms with van der Waals surface area (Å²) in [7, 11) is 0.621. The van der Waals surface area contributed by atoms with E-state index in [4.69, 9.17) is 32.8 Å². The molecule has 0 unspecified atom stereocenters. The van der Waals surface area contributed by atoms with Crippen molar-refractivity contribution in [3.63, 3.8) is 0 Å². The Morgan fingerprint density at radius 1 is 1.00 bits per heavy atom. The second-order valence-electron chi connectivity index (χ2n) is 10.9. The zero-order valence-electron chi connectivity index (χ0n) is 21.4. The second-order valence-corrected chi connectivity index (χ2v) is 15.7. The maximum Gasteiger partial charge on any atom is 0.196 e. The SMILES string of the molecule is COC(OC)[C@H](O[Si](C)(C)C(C)(C)C)[C@@H]1OC(C)(C)O[C@H]([C@H](O)[C@H]2COC(C)(C)O2)C1=O. The van der Waals surface area contributed by atoms with Gasteiger partial charge < -0.3 is 38.0 Å². The van der Waals surface area contributed by atoms with E-state index in [1.54, 1.807) is 27.7 Å². The first-order valence-corrected chi connectivity index (χ1v) is 14.0. The highest BCUT2D eigenvalue weighted by Crippen LogP contribution is 2.40. The standard InChI is InChI=1S/C22H42O9Si/c1-20(2,3)32(10,11)31-18(19(25-8)26-9)17-15(24)16(29-22(6,7)30-17)14(23)13-12-27-21(4,5)28-13/h13-14,16-19,23H,12H2,1-11H3/t13-,14-,16-,17-,18-/m1/s1. The predicted octanol–water partition coefficient (Wildman–Crippen LogP) is 2.60. The van der Waals surface area contributed by atoms with Crippen LogP contribution in [-0.2, 0) is 37.6 Å². The first-order chi connectivity index (χ1) is 14.4. The Balaban J connectivity index is 2.38. The van der Waals surface area contributed by atoms with Crippen LogP contribution in [-0.4, -0.2) is 88.4 Å². The molecular formula is C22H42O9Si. The van der Waals surface area contributed by atoms with Gasteiger partial charge in [0.1, 0.15) is 18.3 Å². The minimum Gasteiger partial charge on any atom is -0.406 e. The summed E-state index contributed by atoms with van der Waals surface area (Å²) in [4.78, 5) is 13.6. The van der Waals surface area contributed by atoms with Crippen LogP contribution < -0.4 is 0 Å². The number of rotatable bonds is 8. The second kappa shape index (κ2) is 9.67. The molecule has 0 aliphatic carbocycles.